The number of para-hydroxylation sites is 1. The lowest BCUT2D eigenvalue weighted by molar-refractivity contribution is -0.121. The Labute approximate surface area is 132 Å². The molecule has 2 rings (SSSR count). The minimum atomic E-state index is 0.0282. The highest BCUT2D eigenvalue weighted by molar-refractivity contribution is 5.76. The fourth-order valence-corrected chi connectivity index (χ4v) is 2.50. The van der Waals surface area contributed by atoms with Gasteiger partial charge in [-0.3, -0.25) is 4.79 Å². The van der Waals surface area contributed by atoms with Crippen LogP contribution in [0.25, 0.3) is 0 Å². The topological polar surface area (TPSA) is 50.8 Å². The molecular weight excluding hydrogens is 280 g/mol. The zero-order valence-corrected chi connectivity index (χ0v) is 13.5. The van der Waals surface area contributed by atoms with E-state index in [1.54, 1.807) is 0 Å². The number of benzene rings is 1. The van der Waals surface area contributed by atoms with Crippen LogP contribution in [0.5, 0.6) is 5.75 Å². The molecule has 1 aliphatic rings. The van der Waals surface area contributed by atoms with Gasteiger partial charge in [-0.15, -0.1) is 0 Å². The van der Waals surface area contributed by atoms with E-state index in [9.17, 15) is 4.79 Å². The van der Waals surface area contributed by atoms with Crippen LogP contribution < -0.4 is 10.1 Å². The van der Waals surface area contributed by atoms with Crippen LogP contribution in [-0.2, 0) is 9.53 Å². The van der Waals surface area contributed by atoms with Crippen molar-refractivity contribution in [2.45, 2.75) is 13.3 Å². The van der Waals surface area contributed by atoms with Gasteiger partial charge in [-0.1, -0.05) is 18.2 Å². The maximum absolute atomic E-state index is 11.9. The van der Waals surface area contributed by atoms with Gasteiger partial charge < -0.3 is 19.7 Å². The Balaban J connectivity index is 1.64. The van der Waals surface area contributed by atoms with Gasteiger partial charge in [0.05, 0.1) is 26.2 Å². The van der Waals surface area contributed by atoms with E-state index >= 15 is 0 Å². The molecule has 1 amide bonds. The van der Waals surface area contributed by atoms with Gasteiger partial charge in [0.15, 0.2) is 0 Å². The lowest BCUT2D eigenvalue weighted by Crippen LogP contribution is -2.36. The molecule has 1 aromatic rings. The molecule has 1 fully saturated rings. The number of ether oxygens (including phenoxy) is 2. The molecular formula is C17H26N2O3. The number of aryl methyl sites for hydroxylation is 1. The van der Waals surface area contributed by atoms with Crippen LogP contribution in [0.4, 0.5) is 0 Å². The maximum atomic E-state index is 11.9. The number of hydrogen-bond acceptors (Lipinski definition) is 4. The van der Waals surface area contributed by atoms with Gasteiger partial charge in [0.25, 0.3) is 0 Å². The van der Waals surface area contributed by atoms with Crippen LogP contribution in [0, 0.1) is 12.8 Å². The Kier molecular flexibility index (Phi) is 6.68. The third kappa shape index (κ3) is 5.66. The lowest BCUT2D eigenvalue weighted by Gasteiger charge is -2.19. The van der Waals surface area contributed by atoms with Gasteiger partial charge >= 0.3 is 0 Å². The zero-order chi connectivity index (χ0) is 15.8. The van der Waals surface area contributed by atoms with Crippen LogP contribution in [-0.4, -0.2) is 57.3 Å². The van der Waals surface area contributed by atoms with Crippen LogP contribution >= 0.6 is 0 Å². The largest absolute Gasteiger partial charge is 0.493 e. The Morgan fingerprint density at radius 1 is 1.45 bits per heavy atom. The highest BCUT2D eigenvalue weighted by Crippen LogP contribution is 2.16. The summed E-state index contributed by atoms with van der Waals surface area (Å²) in [5, 5.41) is 2.98. The SMILES string of the molecule is Cc1ccccc1OCCC(=O)NC[C@H]1COCCN(C)C1. The van der Waals surface area contributed by atoms with Gasteiger partial charge in [0, 0.05) is 25.6 Å². The molecule has 0 aliphatic carbocycles. The summed E-state index contributed by atoms with van der Waals surface area (Å²) in [6, 6.07) is 7.83. The molecule has 0 spiro atoms. The fraction of sp³-hybridized carbons (Fsp3) is 0.588. The molecule has 0 unspecified atom stereocenters. The maximum Gasteiger partial charge on any atom is 0.223 e. The van der Waals surface area contributed by atoms with Crippen molar-refractivity contribution in [3.8, 4) is 5.75 Å². The molecule has 1 aromatic carbocycles. The summed E-state index contributed by atoms with van der Waals surface area (Å²) < 4.78 is 11.2. The molecule has 1 N–H and O–H groups in total. The number of carbonyl (C=O) groups excluding carboxylic acids is 1. The summed E-state index contributed by atoms with van der Waals surface area (Å²) in [5.74, 6) is 1.23. The Morgan fingerprint density at radius 2 is 2.27 bits per heavy atom. The minimum absolute atomic E-state index is 0.0282. The molecule has 122 valence electrons. The summed E-state index contributed by atoms with van der Waals surface area (Å²) in [6.07, 6.45) is 0.373. The highest BCUT2D eigenvalue weighted by Gasteiger charge is 2.16. The van der Waals surface area contributed by atoms with Gasteiger partial charge in [0.2, 0.25) is 5.91 Å². The number of carbonyl (C=O) groups is 1. The molecule has 1 aliphatic heterocycles. The lowest BCUT2D eigenvalue weighted by atomic mass is 10.1. The number of nitrogens with zero attached hydrogens (tertiary/aromatic N) is 1. The quantitative estimate of drug-likeness (QED) is 0.864. The Bertz CT molecular complexity index is 479. The van der Waals surface area contributed by atoms with Crippen molar-refractivity contribution in [1.29, 1.82) is 0 Å². The second-order valence-corrected chi connectivity index (χ2v) is 5.87. The van der Waals surface area contributed by atoms with Crippen molar-refractivity contribution in [3.05, 3.63) is 29.8 Å². The van der Waals surface area contributed by atoms with Gasteiger partial charge in [-0.05, 0) is 25.6 Å². The van der Waals surface area contributed by atoms with Gasteiger partial charge in [-0.2, -0.15) is 0 Å². The van der Waals surface area contributed by atoms with E-state index in [1.807, 2.05) is 31.2 Å². The normalized spacial score (nSPS) is 19.5. The third-order valence-electron chi connectivity index (χ3n) is 3.81. The highest BCUT2D eigenvalue weighted by atomic mass is 16.5. The van der Waals surface area contributed by atoms with E-state index in [4.69, 9.17) is 9.47 Å². The molecule has 0 saturated carbocycles. The molecule has 0 bridgehead atoms. The summed E-state index contributed by atoms with van der Waals surface area (Å²) in [6.45, 7) is 6.45. The van der Waals surface area contributed by atoms with E-state index in [2.05, 4.69) is 17.3 Å². The summed E-state index contributed by atoms with van der Waals surface area (Å²) in [4.78, 5) is 14.1. The number of amides is 1. The first-order valence-corrected chi connectivity index (χ1v) is 7.86. The van der Waals surface area contributed by atoms with Crippen LogP contribution in [0.2, 0.25) is 0 Å². The van der Waals surface area contributed by atoms with E-state index in [-0.39, 0.29) is 5.91 Å². The van der Waals surface area contributed by atoms with Gasteiger partial charge in [0.1, 0.15) is 5.75 Å². The Hall–Kier alpha value is -1.59. The summed E-state index contributed by atoms with van der Waals surface area (Å²) in [5.41, 5.74) is 1.08. The van der Waals surface area contributed by atoms with Crippen molar-refractivity contribution in [2.75, 3.05) is 46.5 Å². The molecule has 1 atom stereocenters. The molecule has 1 saturated heterocycles. The molecule has 5 heteroatoms. The van der Waals surface area contributed by atoms with Crippen molar-refractivity contribution >= 4 is 5.91 Å². The fourth-order valence-electron chi connectivity index (χ4n) is 2.50. The first kappa shape index (κ1) is 16.8. The predicted octanol–water partition coefficient (Wildman–Crippen LogP) is 1.46. The molecule has 5 nitrogen and oxygen atoms in total. The molecule has 1 heterocycles. The number of rotatable bonds is 6. The smallest absolute Gasteiger partial charge is 0.223 e. The van der Waals surface area contributed by atoms with E-state index in [0.29, 0.717) is 32.1 Å². The minimum Gasteiger partial charge on any atom is -0.493 e. The molecule has 22 heavy (non-hydrogen) atoms. The standard InChI is InChI=1S/C17H26N2O3/c1-14-5-3-4-6-16(14)22-9-7-17(20)18-11-15-12-19(2)8-10-21-13-15/h3-6,15H,7-13H2,1-2H3,(H,18,20)/t15-/m1/s1. The van der Waals surface area contributed by atoms with E-state index in [1.165, 1.54) is 0 Å². The van der Waals surface area contributed by atoms with E-state index < -0.39 is 0 Å². The number of likely N-dealkylation sites (N-methyl/N-ethyl adjacent to an activating group) is 1. The second kappa shape index (κ2) is 8.76. The molecule has 0 aromatic heterocycles. The van der Waals surface area contributed by atoms with Crippen LogP contribution in [0.1, 0.15) is 12.0 Å². The second-order valence-electron chi connectivity index (χ2n) is 5.87. The number of nitrogens with one attached hydrogen (secondary N) is 1. The van der Waals surface area contributed by atoms with Gasteiger partial charge in [-0.25, -0.2) is 0 Å². The number of hydrogen-bond donors (Lipinski definition) is 1. The van der Waals surface area contributed by atoms with Crippen molar-refractivity contribution < 1.29 is 14.3 Å². The van der Waals surface area contributed by atoms with Crippen molar-refractivity contribution in [1.82, 2.24) is 10.2 Å². The van der Waals surface area contributed by atoms with Crippen LogP contribution in [0.3, 0.4) is 0 Å². The Morgan fingerprint density at radius 3 is 3.09 bits per heavy atom. The third-order valence-corrected chi connectivity index (χ3v) is 3.81. The van der Waals surface area contributed by atoms with Crippen molar-refractivity contribution in [2.24, 2.45) is 5.92 Å². The average Bonchev–Trinajstić information content (AvgIpc) is 2.71. The summed E-state index contributed by atoms with van der Waals surface area (Å²) >= 11 is 0. The molecule has 0 radical (unpaired) electrons. The zero-order valence-electron chi connectivity index (χ0n) is 13.5. The average molecular weight is 306 g/mol. The first-order chi connectivity index (χ1) is 10.6. The summed E-state index contributed by atoms with van der Waals surface area (Å²) in [7, 11) is 2.08. The van der Waals surface area contributed by atoms with Crippen molar-refractivity contribution in [3.63, 3.8) is 0 Å². The monoisotopic (exact) mass is 306 g/mol. The van der Waals surface area contributed by atoms with Crippen LogP contribution in [0.15, 0.2) is 24.3 Å². The predicted molar refractivity (Wildman–Crippen MR) is 86.1 cm³/mol. The first-order valence-electron chi connectivity index (χ1n) is 7.86. The van der Waals surface area contributed by atoms with E-state index in [0.717, 1.165) is 31.0 Å².